The van der Waals surface area contributed by atoms with Crippen LogP contribution in [0.4, 0.5) is 0 Å². The molecule has 0 amide bonds. The molecule has 6 rings (SSSR count). The van der Waals surface area contributed by atoms with E-state index in [1.165, 1.54) is 0 Å². The second-order valence-electron chi connectivity index (χ2n) is 9.04. The third-order valence-corrected chi connectivity index (χ3v) is 6.48. The Hall–Kier alpha value is -4.64. The van der Waals surface area contributed by atoms with Gasteiger partial charge in [0.25, 0.3) is 0 Å². The van der Waals surface area contributed by atoms with E-state index in [9.17, 15) is 0 Å². The largest absolute Gasteiger partial charge is 0.416 e. The number of fused-ring (bicyclic) bond motifs is 1. The molecule has 0 spiro atoms. The summed E-state index contributed by atoms with van der Waals surface area (Å²) in [5.41, 5.74) is 9.05. The summed E-state index contributed by atoms with van der Waals surface area (Å²) < 4.78 is 5.90. The average molecular weight is 483 g/mol. The van der Waals surface area contributed by atoms with Gasteiger partial charge in [-0.2, -0.15) is 0 Å². The molecule has 5 nitrogen and oxygen atoms in total. The Kier molecular flexibility index (Phi) is 6.26. The van der Waals surface area contributed by atoms with Gasteiger partial charge in [-0.3, -0.25) is 0 Å². The van der Waals surface area contributed by atoms with Gasteiger partial charge in [0.2, 0.25) is 11.8 Å². The Morgan fingerprint density at radius 2 is 1.05 bits per heavy atom. The fourth-order valence-corrected chi connectivity index (χ4v) is 4.45. The van der Waals surface area contributed by atoms with Crippen molar-refractivity contribution in [3.05, 3.63) is 109 Å². The molecule has 0 saturated carbocycles. The van der Waals surface area contributed by atoms with Crippen molar-refractivity contribution in [2.24, 2.45) is 0 Å². The summed E-state index contributed by atoms with van der Waals surface area (Å²) in [7, 11) is 0. The van der Waals surface area contributed by atoms with Crippen molar-refractivity contribution in [1.29, 1.82) is 0 Å². The number of rotatable bonds is 7. The molecule has 0 aliphatic carbocycles. The van der Waals surface area contributed by atoms with Crippen LogP contribution in [0.15, 0.2) is 108 Å². The van der Waals surface area contributed by atoms with Gasteiger partial charge < -0.3 is 4.42 Å². The van der Waals surface area contributed by atoms with Gasteiger partial charge in [-0.1, -0.05) is 80.1 Å². The number of hydrogen-bond acceptors (Lipinski definition) is 5. The monoisotopic (exact) mass is 482 g/mol. The van der Waals surface area contributed by atoms with Crippen molar-refractivity contribution in [2.75, 3.05) is 0 Å². The lowest BCUT2D eigenvalue weighted by molar-refractivity contribution is 0.584. The number of hydrogen-bond donors (Lipinski definition) is 0. The fourth-order valence-electron chi connectivity index (χ4n) is 4.45. The van der Waals surface area contributed by atoms with E-state index in [0.29, 0.717) is 11.8 Å². The number of unbranched alkanes of at least 4 members (excludes halogenated alkanes) is 1. The first-order chi connectivity index (χ1) is 18.3. The zero-order chi connectivity index (χ0) is 25.0. The molecule has 0 radical (unpaired) electrons. The molecule has 0 N–H and O–H groups in total. The van der Waals surface area contributed by atoms with Gasteiger partial charge in [0.1, 0.15) is 0 Å². The number of aromatic nitrogens is 4. The molecule has 180 valence electrons. The summed E-state index contributed by atoms with van der Waals surface area (Å²) in [5.74, 6) is 1.03. The molecular weight excluding hydrogens is 456 g/mol. The lowest BCUT2D eigenvalue weighted by Crippen LogP contribution is -1.99. The van der Waals surface area contributed by atoms with Crippen LogP contribution < -0.4 is 0 Å². The lowest BCUT2D eigenvalue weighted by Gasteiger charge is -2.11. The third-order valence-electron chi connectivity index (χ3n) is 6.48. The molecule has 0 atom stereocenters. The van der Waals surface area contributed by atoms with Crippen molar-refractivity contribution in [3.8, 4) is 45.3 Å². The van der Waals surface area contributed by atoms with E-state index in [4.69, 9.17) is 14.4 Å². The van der Waals surface area contributed by atoms with Crippen LogP contribution in [0.1, 0.15) is 25.5 Å². The molecule has 2 heterocycles. The van der Waals surface area contributed by atoms with E-state index in [1.807, 2.05) is 66.7 Å². The van der Waals surface area contributed by atoms with Crippen molar-refractivity contribution in [2.45, 2.75) is 26.2 Å². The highest BCUT2D eigenvalue weighted by atomic mass is 16.4. The van der Waals surface area contributed by atoms with Gasteiger partial charge >= 0.3 is 0 Å². The highest BCUT2D eigenvalue weighted by Gasteiger charge is 2.13. The van der Waals surface area contributed by atoms with Crippen LogP contribution in [0.25, 0.3) is 56.3 Å². The zero-order valence-electron chi connectivity index (χ0n) is 20.6. The first kappa shape index (κ1) is 22.8. The van der Waals surface area contributed by atoms with Crippen LogP contribution in [0, 0.1) is 0 Å². The summed E-state index contributed by atoms with van der Waals surface area (Å²) in [6, 6.07) is 34.6. The van der Waals surface area contributed by atoms with Crippen LogP contribution in [-0.2, 0) is 6.42 Å². The van der Waals surface area contributed by atoms with Crippen molar-refractivity contribution in [3.63, 3.8) is 0 Å². The molecule has 37 heavy (non-hydrogen) atoms. The molecule has 0 saturated heterocycles. The third kappa shape index (κ3) is 4.76. The first-order valence-electron chi connectivity index (χ1n) is 12.6. The molecule has 0 fully saturated rings. The Morgan fingerprint density at radius 3 is 1.68 bits per heavy atom. The molecular formula is C32H26N4O. The molecule has 0 aliphatic heterocycles. The van der Waals surface area contributed by atoms with Gasteiger partial charge in [0, 0.05) is 16.7 Å². The minimum atomic E-state index is 0.509. The molecule has 0 aliphatic rings. The van der Waals surface area contributed by atoms with Gasteiger partial charge in [0.15, 0.2) is 0 Å². The number of nitrogens with zero attached hydrogens (tertiary/aromatic N) is 4. The predicted octanol–water partition coefficient (Wildman–Crippen LogP) is 8.02. The van der Waals surface area contributed by atoms with Gasteiger partial charge in [-0.05, 0) is 60.4 Å². The van der Waals surface area contributed by atoms with Gasteiger partial charge in [0.05, 0.1) is 22.4 Å². The topological polar surface area (TPSA) is 64.7 Å². The molecule has 6 aromatic rings. The Bertz CT molecular complexity index is 1640. The maximum atomic E-state index is 5.90. The fraction of sp³-hybridized carbons (Fsp3) is 0.125. The normalized spacial score (nSPS) is 11.2. The highest BCUT2D eigenvalue weighted by Crippen LogP contribution is 2.30. The van der Waals surface area contributed by atoms with E-state index in [2.05, 4.69) is 53.5 Å². The van der Waals surface area contributed by atoms with Crippen molar-refractivity contribution in [1.82, 2.24) is 20.2 Å². The highest BCUT2D eigenvalue weighted by molar-refractivity contribution is 5.79. The van der Waals surface area contributed by atoms with Gasteiger partial charge in [-0.25, -0.2) is 9.97 Å². The molecule has 2 aromatic heterocycles. The number of benzene rings is 4. The Labute approximate surface area is 215 Å². The van der Waals surface area contributed by atoms with Gasteiger partial charge in [-0.15, -0.1) is 10.2 Å². The van der Waals surface area contributed by atoms with Crippen LogP contribution in [-0.4, -0.2) is 20.2 Å². The summed E-state index contributed by atoms with van der Waals surface area (Å²) in [4.78, 5) is 9.93. The minimum Gasteiger partial charge on any atom is -0.416 e. The predicted molar refractivity (Wildman–Crippen MR) is 148 cm³/mol. The summed E-state index contributed by atoms with van der Waals surface area (Å²) in [6.45, 7) is 2.20. The van der Waals surface area contributed by atoms with E-state index in [-0.39, 0.29) is 0 Å². The number of para-hydroxylation sites is 2. The van der Waals surface area contributed by atoms with E-state index >= 15 is 0 Å². The minimum absolute atomic E-state index is 0.509. The van der Waals surface area contributed by atoms with Crippen LogP contribution in [0.3, 0.4) is 0 Å². The van der Waals surface area contributed by atoms with Crippen LogP contribution >= 0.6 is 0 Å². The Morgan fingerprint density at radius 1 is 0.541 bits per heavy atom. The smallest absolute Gasteiger partial charge is 0.248 e. The summed E-state index contributed by atoms with van der Waals surface area (Å²) in [5, 5.41) is 8.43. The Balaban J connectivity index is 1.26. The lowest BCUT2D eigenvalue weighted by atomic mass is 10.00. The van der Waals surface area contributed by atoms with Crippen molar-refractivity contribution >= 4 is 11.0 Å². The molecule has 0 bridgehead atoms. The number of aryl methyl sites for hydroxylation is 1. The molecule has 5 heteroatoms. The van der Waals surface area contributed by atoms with E-state index < -0.39 is 0 Å². The SMILES string of the molecule is CCCCc1nc2ccccc2nc1-c1ccc(-c2ccc(-c3nnc(-c4ccccc4)o3)cc2)cc1. The van der Waals surface area contributed by atoms with E-state index in [0.717, 1.165) is 69.5 Å². The maximum absolute atomic E-state index is 5.90. The summed E-state index contributed by atoms with van der Waals surface area (Å²) in [6.07, 6.45) is 3.14. The second-order valence-corrected chi connectivity index (χ2v) is 9.04. The van der Waals surface area contributed by atoms with Crippen LogP contribution in [0.2, 0.25) is 0 Å². The standard InChI is InChI=1S/C32H26N4O/c1-2-3-11-29-30(34-28-13-8-7-12-27(28)33-29)24-18-14-22(15-19-24)23-16-20-26(21-17-23)32-36-35-31(37-32)25-9-5-4-6-10-25/h4-10,12-21H,2-3,11H2,1H3. The quantitative estimate of drug-likeness (QED) is 0.230. The van der Waals surface area contributed by atoms with Crippen LogP contribution in [0.5, 0.6) is 0 Å². The summed E-state index contributed by atoms with van der Waals surface area (Å²) >= 11 is 0. The zero-order valence-corrected chi connectivity index (χ0v) is 20.6. The second kappa shape index (κ2) is 10.2. The first-order valence-corrected chi connectivity index (χ1v) is 12.6. The molecule has 0 unspecified atom stereocenters. The molecule has 4 aromatic carbocycles. The van der Waals surface area contributed by atoms with Crippen molar-refractivity contribution < 1.29 is 4.42 Å². The average Bonchev–Trinajstić information content (AvgIpc) is 3.47. The maximum Gasteiger partial charge on any atom is 0.248 e. The van der Waals surface area contributed by atoms with E-state index in [1.54, 1.807) is 0 Å².